The van der Waals surface area contributed by atoms with Crippen LogP contribution in [0, 0.1) is 0 Å². The first kappa shape index (κ1) is 16.8. The number of pyridine rings is 1. The molecule has 1 saturated carbocycles. The molecule has 0 aliphatic heterocycles. The highest BCUT2D eigenvalue weighted by Crippen LogP contribution is 2.33. The van der Waals surface area contributed by atoms with Crippen LogP contribution in [-0.4, -0.2) is 24.0 Å². The van der Waals surface area contributed by atoms with Crippen molar-refractivity contribution in [1.82, 2.24) is 4.98 Å². The molecule has 3 rings (SSSR count). The van der Waals surface area contributed by atoms with Crippen LogP contribution < -0.4 is 9.47 Å². The lowest BCUT2D eigenvalue weighted by molar-refractivity contribution is 0.0992. The van der Waals surface area contributed by atoms with Crippen molar-refractivity contribution in [2.75, 3.05) is 7.11 Å². The fraction of sp³-hybridized carbons (Fsp3) is 0.368. The summed E-state index contributed by atoms with van der Waals surface area (Å²) in [6, 6.07) is 7.08. The van der Waals surface area contributed by atoms with E-state index in [2.05, 4.69) is 4.98 Å². The van der Waals surface area contributed by atoms with Gasteiger partial charge >= 0.3 is 0 Å². The summed E-state index contributed by atoms with van der Waals surface area (Å²) < 4.78 is 11.4. The van der Waals surface area contributed by atoms with Crippen molar-refractivity contribution < 1.29 is 14.3 Å². The second kappa shape index (κ2) is 7.67. The van der Waals surface area contributed by atoms with Crippen LogP contribution in [0.25, 0.3) is 0 Å². The van der Waals surface area contributed by atoms with E-state index in [0.29, 0.717) is 22.1 Å². The maximum atomic E-state index is 12.6. The molecule has 0 spiro atoms. The molecule has 2 aromatic rings. The van der Waals surface area contributed by atoms with Gasteiger partial charge in [-0.15, -0.1) is 0 Å². The molecule has 1 aromatic heterocycles. The van der Waals surface area contributed by atoms with Gasteiger partial charge in [0.1, 0.15) is 0 Å². The lowest BCUT2D eigenvalue weighted by Gasteiger charge is -2.16. The minimum atomic E-state index is -0.0120. The van der Waals surface area contributed by atoms with Crippen molar-refractivity contribution in [3.63, 3.8) is 0 Å². The van der Waals surface area contributed by atoms with Crippen molar-refractivity contribution in [2.45, 2.75) is 38.2 Å². The highest BCUT2D eigenvalue weighted by Gasteiger charge is 2.20. The van der Waals surface area contributed by atoms with Gasteiger partial charge in [0, 0.05) is 24.4 Å². The molecule has 5 heteroatoms. The molecule has 1 fully saturated rings. The second-order valence-corrected chi connectivity index (χ2v) is 6.36. The molecular weight excluding hydrogens is 326 g/mol. The third kappa shape index (κ3) is 3.88. The number of nitrogens with zero attached hydrogens (tertiary/aromatic N) is 1. The van der Waals surface area contributed by atoms with Crippen LogP contribution in [0.15, 0.2) is 36.7 Å². The van der Waals surface area contributed by atoms with E-state index in [4.69, 9.17) is 21.1 Å². The number of hydrogen-bond donors (Lipinski definition) is 0. The number of benzene rings is 1. The van der Waals surface area contributed by atoms with Gasteiger partial charge in [-0.3, -0.25) is 9.78 Å². The first-order valence-electron chi connectivity index (χ1n) is 8.13. The average molecular weight is 346 g/mol. The second-order valence-electron chi connectivity index (χ2n) is 5.96. The van der Waals surface area contributed by atoms with E-state index in [0.717, 1.165) is 18.4 Å². The smallest absolute Gasteiger partial charge is 0.167 e. The minimum Gasteiger partial charge on any atom is -0.493 e. The third-order valence-electron chi connectivity index (χ3n) is 4.29. The van der Waals surface area contributed by atoms with Crippen molar-refractivity contribution in [1.29, 1.82) is 0 Å². The molecule has 24 heavy (non-hydrogen) atoms. The van der Waals surface area contributed by atoms with Gasteiger partial charge in [0.2, 0.25) is 0 Å². The minimum absolute atomic E-state index is 0.0120. The molecule has 1 aliphatic rings. The summed E-state index contributed by atoms with van der Waals surface area (Å²) in [6.07, 6.45) is 8.10. The number of ether oxygens (including phenoxy) is 2. The number of halogens is 1. The number of aromatic nitrogens is 1. The Hall–Kier alpha value is -2.07. The van der Waals surface area contributed by atoms with Crippen molar-refractivity contribution in [3.8, 4) is 11.5 Å². The Kier molecular flexibility index (Phi) is 5.36. The molecule has 126 valence electrons. The molecule has 1 aromatic carbocycles. The van der Waals surface area contributed by atoms with Gasteiger partial charge in [-0.2, -0.15) is 0 Å². The maximum Gasteiger partial charge on any atom is 0.167 e. The molecule has 0 radical (unpaired) electrons. The summed E-state index contributed by atoms with van der Waals surface area (Å²) in [7, 11) is 1.61. The predicted molar refractivity (Wildman–Crippen MR) is 93.2 cm³/mol. The van der Waals surface area contributed by atoms with Gasteiger partial charge < -0.3 is 9.47 Å². The number of rotatable bonds is 6. The topological polar surface area (TPSA) is 48.4 Å². The van der Waals surface area contributed by atoms with Crippen LogP contribution in [-0.2, 0) is 6.42 Å². The normalized spacial score (nSPS) is 14.6. The molecular formula is C19H20ClNO3. The Balaban J connectivity index is 1.79. The number of ketones is 1. The third-order valence-corrected chi connectivity index (χ3v) is 4.63. The summed E-state index contributed by atoms with van der Waals surface area (Å²) in [5, 5.41) is 0.502. The highest BCUT2D eigenvalue weighted by atomic mass is 35.5. The average Bonchev–Trinajstić information content (AvgIpc) is 3.10. The molecule has 1 aliphatic carbocycles. The summed E-state index contributed by atoms with van der Waals surface area (Å²) in [6.45, 7) is 0. The van der Waals surface area contributed by atoms with Gasteiger partial charge in [0.15, 0.2) is 17.3 Å². The van der Waals surface area contributed by atoms with E-state index in [9.17, 15) is 4.79 Å². The molecule has 0 N–H and O–H groups in total. The Labute approximate surface area is 146 Å². The summed E-state index contributed by atoms with van der Waals surface area (Å²) in [5.74, 6) is 1.28. The highest BCUT2D eigenvalue weighted by molar-refractivity contribution is 6.31. The standard InChI is InChI=1S/C19H20ClNO3/c1-23-18-7-6-14(11-19(18)24-15-4-2-3-5-15)17(22)10-13-8-9-21-12-16(13)20/h6-9,11-12,15H,2-5,10H2,1H3. The number of methoxy groups -OCH3 is 1. The van der Waals surface area contributed by atoms with Crippen molar-refractivity contribution >= 4 is 17.4 Å². The van der Waals surface area contributed by atoms with E-state index in [1.54, 1.807) is 43.8 Å². The van der Waals surface area contributed by atoms with E-state index >= 15 is 0 Å². The summed E-state index contributed by atoms with van der Waals surface area (Å²) >= 11 is 6.09. The zero-order valence-corrected chi connectivity index (χ0v) is 14.4. The quantitative estimate of drug-likeness (QED) is 0.724. The first-order chi connectivity index (χ1) is 11.7. The van der Waals surface area contributed by atoms with E-state index < -0.39 is 0 Å². The molecule has 4 nitrogen and oxygen atoms in total. The molecule has 0 saturated heterocycles. The Morgan fingerprint density at radius 3 is 2.75 bits per heavy atom. The zero-order valence-electron chi connectivity index (χ0n) is 13.6. The summed E-state index contributed by atoms with van der Waals surface area (Å²) in [4.78, 5) is 16.5. The largest absolute Gasteiger partial charge is 0.493 e. The SMILES string of the molecule is COc1ccc(C(=O)Cc2ccncc2Cl)cc1OC1CCCC1. The zero-order chi connectivity index (χ0) is 16.9. The van der Waals surface area contributed by atoms with E-state index in [1.807, 2.05) is 0 Å². The van der Waals surface area contributed by atoms with Crippen LogP contribution in [0.4, 0.5) is 0 Å². The number of Topliss-reactive ketones (excluding diaryl/α,β-unsaturated/α-hetero) is 1. The monoisotopic (exact) mass is 345 g/mol. The van der Waals surface area contributed by atoms with Crippen LogP contribution in [0.1, 0.15) is 41.6 Å². The van der Waals surface area contributed by atoms with Gasteiger partial charge in [-0.25, -0.2) is 0 Å². The van der Waals surface area contributed by atoms with Gasteiger partial charge in [0.05, 0.1) is 18.2 Å². The van der Waals surface area contributed by atoms with Crippen LogP contribution in [0.2, 0.25) is 5.02 Å². The molecule has 0 atom stereocenters. The lowest BCUT2D eigenvalue weighted by atomic mass is 10.0. The van der Waals surface area contributed by atoms with Crippen LogP contribution in [0.3, 0.4) is 0 Å². The van der Waals surface area contributed by atoms with Crippen LogP contribution >= 0.6 is 11.6 Å². The molecule has 0 unspecified atom stereocenters. The maximum absolute atomic E-state index is 12.6. The van der Waals surface area contributed by atoms with Crippen molar-refractivity contribution in [3.05, 3.63) is 52.8 Å². The fourth-order valence-electron chi connectivity index (χ4n) is 2.95. The van der Waals surface area contributed by atoms with Crippen molar-refractivity contribution in [2.24, 2.45) is 0 Å². The Morgan fingerprint density at radius 1 is 1.25 bits per heavy atom. The fourth-order valence-corrected chi connectivity index (χ4v) is 3.14. The van der Waals surface area contributed by atoms with Gasteiger partial charge in [-0.05, 0) is 55.5 Å². The molecule has 0 bridgehead atoms. The molecule has 0 amide bonds. The first-order valence-corrected chi connectivity index (χ1v) is 8.51. The Morgan fingerprint density at radius 2 is 2.04 bits per heavy atom. The van der Waals surface area contributed by atoms with Crippen LogP contribution in [0.5, 0.6) is 11.5 Å². The van der Waals surface area contributed by atoms with E-state index in [1.165, 1.54) is 12.8 Å². The molecule has 1 heterocycles. The number of carbonyl (C=O) groups excluding carboxylic acids is 1. The Bertz CT molecular complexity index is 726. The summed E-state index contributed by atoms with van der Waals surface area (Å²) in [5.41, 5.74) is 1.36. The number of hydrogen-bond acceptors (Lipinski definition) is 4. The van der Waals surface area contributed by atoms with E-state index in [-0.39, 0.29) is 18.3 Å². The lowest BCUT2D eigenvalue weighted by Crippen LogP contribution is -2.12. The van der Waals surface area contributed by atoms with Gasteiger partial charge in [-0.1, -0.05) is 11.6 Å². The number of carbonyl (C=O) groups is 1. The van der Waals surface area contributed by atoms with Gasteiger partial charge in [0.25, 0.3) is 0 Å². The predicted octanol–water partition coefficient (Wildman–Crippen LogP) is 4.49.